The van der Waals surface area contributed by atoms with E-state index in [1.807, 2.05) is 18.2 Å². The lowest BCUT2D eigenvalue weighted by atomic mass is 9.74. The van der Waals surface area contributed by atoms with E-state index < -0.39 is 0 Å². The van der Waals surface area contributed by atoms with E-state index >= 15 is 0 Å². The lowest BCUT2D eigenvalue weighted by molar-refractivity contribution is 0.431. The average molecular weight is 185 g/mol. The molecule has 0 aliphatic heterocycles. The zero-order valence-corrected chi connectivity index (χ0v) is 8.53. The summed E-state index contributed by atoms with van der Waals surface area (Å²) in [6, 6.07) is 12.8. The van der Waals surface area contributed by atoms with Crippen molar-refractivity contribution in [3.05, 3.63) is 35.9 Å². The van der Waals surface area contributed by atoms with Crippen molar-refractivity contribution >= 4 is 0 Å². The average Bonchev–Trinajstić information content (AvgIpc) is 2.62. The van der Waals surface area contributed by atoms with Crippen LogP contribution in [0.5, 0.6) is 0 Å². The van der Waals surface area contributed by atoms with E-state index in [0.29, 0.717) is 5.92 Å². The van der Waals surface area contributed by atoms with Gasteiger partial charge < -0.3 is 0 Å². The first kappa shape index (κ1) is 9.27. The van der Waals surface area contributed by atoms with Crippen molar-refractivity contribution in [1.82, 2.24) is 0 Å². The minimum atomic E-state index is -0.207. The normalized spacial score (nSPS) is 31.3. The predicted molar refractivity (Wildman–Crippen MR) is 56.7 cm³/mol. The van der Waals surface area contributed by atoms with Crippen LogP contribution in [0, 0.1) is 17.2 Å². The second-order valence-corrected chi connectivity index (χ2v) is 4.24. The highest BCUT2D eigenvalue weighted by Crippen LogP contribution is 2.44. The number of nitrogens with zero attached hydrogens (tertiary/aromatic N) is 1. The Hall–Kier alpha value is -1.29. The van der Waals surface area contributed by atoms with Crippen LogP contribution >= 0.6 is 0 Å². The van der Waals surface area contributed by atoms with Crippen LogP contribution in [0.4, 0.5) is 0 Å². The molecule has 2 atom stereocenters. The quantitative estimate of drug-likeness (QED) is 0.658. The molecule has 0 amide bonds. The topological polar surface area (TPSA) is 23.8 Å². The second kappa shape index (κ2) is 3.46. The molecule has 2 unspecified atom stereocenters. The molecular weight excluding hydrogens is 170 g/mol. The van der Waals surface area contributed by atoms with Crippen molar-refractivity contribution in [2.75, 3.05) is 0 Å². The van der Waals surface area contributed by atoms with E-state index in [1.54, 1.807) is 0 Å². The maximum atomic E-state index is 9.39. The van der Waals surface area contributed by atoms with Gasteiger partial charge in [0.15, 0.2) is 0 Å². The largest absolute Gasteiger partial charge is 0.197 e. The van der Waals surface area contributed by atoms with Crippen molar-refractivity contribution in [2.24, 2.45) is 5.92 Å². The summed E-state index contributed by atoms with van der Waals surface area (Å²) < 4.78 is 0. The molecule has 1 aliphatic carbocycles. The van der Waals surface area contributed by atoms with Crippen molar-refractivity contribution in [2.45, 2.75) is 31.6 Å². The van der Waals surface area contributed by atoms with Crippen LogP contribution in [-0.4, -0.2) is 0 Å². The summed E-state index contributed by atoms with van der Waals surface area (Å²) in [6.45, 7) is 2.20. The summed E-state index contributed by atoms with van der Waals surface area (Å²) >= 11 is 0. The van der Waals surface area contributed by atoms with Gasteiger partial charge in [-0.2, -0.15) is 5.26 Å². The lowest BCUT2D eigenvalue weighted by Crippen LogP contribution is -2.26. The molecule has 72 valence electrons. The summed E-state index contributed by atoms with van der Waals surface area (Å²) in [4.78, 5) is 0. The van der Waals surface area contributed by atoms with E-state index in [2.05, 4.69) is 25.1 Å². The molecule has 1 saturated carbocycles. The molecule has 14 heavy (non-hydrogen) atoms. The van der Waals surface area contributed by atoms with Gasteiger partial charge in [0.05, 0.1) is 11.5 Å². The van der Waals surface area contributed by atoms with Crippen molar-refractivity contribution in [3.8, 4) is 6.07 Å². The molecule has 0 radical (unpaired) electrons. The fourth-order valence-electron chi connectivity index (χ4n) is 2.57. The summed E-state index contributed by atoms with van der Waals surface area (Å²) in [5.41, 5.74) is 0.994. The van der Waals surface area contributed by atoms with Crippen LogP contribution in [0.15, 0.2) is 30.3 Å². The SMILES string of the molecule is CC1CCCC1(C#N)c1ccccc1. The minimum absolute atomic E-state index is 0.207. The molecular formula is C13H15N. The Morgan fingerprint density at radius 3 is 2.57 bits per heavy atom. The van der Waals surface area contributed by atoms with Crippen molar-refractivity contribution < 1.29 is 0 Å². The Balaban J connectivity index is 2.44. The van der Waals surface area contributed by atoms with Gasteiger partial charge in [0.1, 0.15) is 0 Å². The maximum absolute atomic E-state index is 9.39. The Bertz CT molecular complexity index is 349. The molecule has 0 heterocycles. The van der Waals surface area contributed by atoms with Gasteiger partial charge in [-0.25, -0.2) is 0 Å². The van der Waals surface area contributed by atoms with Gasteiger partial charge in [0.2, 0.25) is 0 Å². The highest BCUT2D eigenvalue weighted by Gasteiger charge is 2.41. The molecule has 0 spiro atoms. The second-order valence-electron chi connectivity index (χ2n) is 4.24. The van der Waals surface area contributed by atoms with E-state index in [-0.39, 0.29) is 5.41 Å². The van der Waals surface area contributed by atoms with Gasteiger partial charge in [-0.1, -0.05) is 43.7 Å². The van der Waals surface area contributed by atoms with Crippen molar-refractivity contribution in [3.63, 3.8) is 0 Å². The number of hydrogen-bond donors (Lipinski definition) is 0. The first-order valence-electron chi connectivity index (χ1n) is 5.26. The van der Waals surface area contributed by atoms with Gasteiger partial charge in [0, 0.05) is 0 Å². The Morgan fingerprint density at radius 1 is 1.36 bits per heavy atom. The monoisotopic (exact) mass is 185 g/mol. The smallest absolute Gasteiger partial charge is 0.0847 e. The number of rotatable bonds is 1. The highest BCUT2D eigenvalue weighted by molar-refractivity contribution is 5.34. The van der Waals surface area contributed by atoms with Gasteiger partial charge >= 0.3 is 0 Å². The third kappa shape index (κ3) is 1.23. The van der Waals surface area contributed by atoms with E-state index in [4.69, 9.17) is 0 Å². The standard InChI is InChI=1S/C13H15N/c1-11-6-5-9-13(11,10-14)12-7-3-2-4-8-12/h2-4,7-8,11H,5-6,9H2,1H3. The molecule has 1 nitrogen and oxygen atoms in total. The molecule has 1 heteroatoms. The Kier molecular flexibility index (Phi) is 2.29. The molecule has 1 aromatic rings. The van der Waals surface area contributed by atoms with Crippen LogP contribution in [0.1, 0.15) is 31.7 Å². The molecule has 0 bridgehead atoms. The van der Waals surface area contributed by atoms with Crippen LogP contribution in [0.25, 0.3) is 0 Å². The fraction of sp³-hybridized carbons (Fsp3) is 0.462. The number of nitriles is 1. The zero-order valence-electron chi connectivity index (χ0n) is 8.53. The third-order valence-corrected chi connectivity index (χ3v) is 3.54. The molecule has 1 aliphatic rings. The first-order valence-corrected chi connectivity index (χ1v) is 5.26. The van der Waals surface area contributed by atoms with Crippen LogP contribution in [-0.2, 0) is 5.41 Å². The molecule has 2 rings (SSSR count). The van der Waals surface area contributed by atoms with Gasteiger partial charge in [0.25, 0.3) is 0 Å². The van der Waals surface area contributed by atoms with E-state index in [9.17, 15) is 5.26 Å². The maximum Gasteiger partial charge on any atom is 0.0847 e. The lowest BCUT2D eigenvalue weighted by Gasteiger charge is -2.26. The van der Waals surface area contributed by atoms with E-state index in [0.717, 1.165) is 6.42 Å². The molecule has 0 saturated heterocycles. The fourth-order valence-corrected chi connectivity index (χ4v) is 2.57. The summed E-state index contributed by atoms with van der Waals surface area (Å²) in [5.74, 6) is 0.495. The van der Waals surface area contributed by atoms with E-state index in [1.165, 1.54) is 18.4 Å². The van der Waals surface area contributed by atoms with Crippen molar-refractivity contribution in [1.29, 1.82) is 5.26 Å². The predicted octanol–water partition coefficient (Wildman–Crippen LogP) is 3.27. The van der Waals surface area contributed by atoms with Crippen LogP contribution < -0.4 is 0 Å². The molecule has 1 aromatic carbocycles. The minimum Gasteiger partial charge on any atom is -0.197 e. The zero-order chi connectivity index (χ0) is 10.0. The first-order chi connectivity index (χ1) is 6.79. The number of hydrogen-bond acceptors (Lipinski definition) is 1. The van der Waals surface area contributed by atoms with Gasteiger partial charge in [-0.15, -0.1) is 0 Å². The summed E-state index contributed by atoms with van der Waals surface area (Å²) in [6.07, 6.45) is 3.39. The molecule has 0 aromatic heterocycles. The Labute approximate surface area is 85.4 Å². The molecule has 0 N–H and O–H groups in total. The Morgan fingerprint density at radius 2 is 2.07 bits per heavy atom. The summed E-state index contributed by atoms with van der Waals surface area (Å²) in [7, 11) is 0. The van der Waals surface area contributed by atoms with Gasteiger partial charge in [-0.05, 0) is 24.3 Å². The van der Waals surface area contributed by atoms with Crippen LogP contribution in [0.3, 0.4) is 0 Å². The third-order valence-electron chi connectivity index (χ3n) is 3.54. The summed E-state index contributed by atoms with van der Waals surface area (Å²) in [5, 5.41) is 9.39. The number of benzene rings is 1. The van der Waals surface area contributed by atoms with Gasteiger partial charge in [-0.3, -0.25) is 0 Å². The van der Waals surface area contributed by atoms with Crippen LogP contribution in [0.2, 0.25) is 0 Å². The highest BCUT2D eigenvalue weighted by atomic mass is 14.5. The molecule has 1 fully saturated rings.